The summed E-state index contributed by atoms with van der Waals surface area (Å²) in [6, 6.07) is 1.67. The predicted molar refractivity (Wildman–Crippen MR) is 66.7 cm³/mol. The highest BCUT2D eigenvalue weighted by molar-refractivity contribution is 5.99. The standard InChI is InChI=1S/C13H15N3O2/c1-3-16-7-6-15-13(16)8-11(17)10-4-5-14-9-12(10)18-2/h4-7,9H,3,8H2,1-2H3. The number of ketones is 1. The van der Waals surface area contributed by atoms with Crippen molar-refractivity contribution < 1.29 is 9.53 Å². The van der Waals surface area contributed by atoms with Crippen molar-refractivity contribution in [3.63, 3.8) is 0 Å². The Morgan fingerprint density at radius 1 is 1.44 bits per heavy atom. The van der Waals surface area contributed by atoms with Crippen molar-refractivity contribution in [2.45, 2.75) is 19.9 Å². The van der Waals surface area contributed by atoms with Gasteiger partial charge in [0, 0.05) is 25.1 Å². The lowest BCUT2D eigenvalue weighted by atomic mass is 10.1. The van der Waals surface area contributed by atoms with Crippen LogP contribution in [0.15, 0.2) is 30.9 Å². The number of aryl methyl sites for hydroxylation is 1. The van der Waals surface area contributed by atoms with Gasteiger partial charge in [-0.15, -0.1) is 0 Å². The lowest BCUT2D eigenvalue weighted by Gasteiger charge is -2.07. The molecule has 94 valence electrons. The smallest absolute Gasteiger partial charge is 0.174 e. The zero-order chi connectivity index (χ0) is 13.0. The summed E-state index contributed by atoms with van der Waals surface area (Å²) in [7, 11) is 1.53. The molecule has 0 spiro atoms. The third-order valence-electron chi connectivity index (χ3n) is 2.77. The van der Waals surface area contributed by atoms with Gasteiger partial charge in [0.1, 0.15) is 11.6 Å². The van der Waals surface area contributed by atoms with Gasteiger partial charge in [0.05, 0.1) is 25.3 Å². The van der Waals surface area contributed by atoms with Gasteiger partial charge in [0.25, 0.3) is 0 Å². The highest BCUT2D eigenvalue weighted by Gasteiger charge is 2.15. The maximum absolute atomic E-state index is 12.2. The number of rotatable bonds is 5. The largest absolute Gasteiger partial charge is 0.494 e. The van der Waals surface area contributed by atoms with Crippen molar-refractivity contribution in [3.8, 4) is 5.75 Å². The SMILES string of the molecule is CCn1ccnc1CC(=O)c1ccncc1OC. The predicted octanol–water partition coefficient (Wildman–Crippen LogP) is 1.73. The molecule has 0 amide bonds. The first kappa shape index (κ1) is 12.3. The van der Waals surface area contributed by atoms with E-state index in [1.54, 1.807) is 24.7 Å². The zero-order valence-corrected chi connectivity index (χ0v) is 10.5. The Morgan fingerprint density at radius 2 is 2.28 bits per heavy atom. The molecule has 0 aliphatic rings. The minimum atomic E-state index is -0.0184. The molecular weight excluding hydrogens is 230 g/mol. The van der Waals surface area contributed by atoms with Crippen LogP contribution in [-0.4, -0.2) is 27.4 Å². The van der Waals surface area contributed by atoms with Crippen LogP contribution >= 0.6 is 0 Å². The van der Waals surface area contributed by atoms with Gasteiger partial charge in [-0.1, -0.05) is 0 Å². The third-order valence-corrected chi connectivity index (χ3v) is 2.77. The van der Waals surface area contributed by atoms with Gasteiger partial charge in [-0.2, -0.15) is 0 Å². The van der Waals surface area contributed by atoms with E-state index in [2.05, 4.69) is 9.97 Å². The van der Waals surface area contributed by atoms with Crippen LogP contribution < -0.4 is 4.74 Å². The Morgan fingerprint density at radius 3 is 3.00 bits per heavy atom. The number of hydrogen-bond donors (Lipinski definition) is 0. The Kier molecular flexibility index (Phi) is 3.72. The quantitative estimate of drug-likeness (QED) is 0.753. The van der Waals surface area contributed by atoms with E-state index in [-0.39, 0.29) is 12.2 Å². The van der Waals surface area contributed by atoms with Gasteiger partial charge in [-0.3, -0.25) is 9.78 Å². The monoisotopic (exact) mass is 245 g/mol. The second-order valence-corrected chi connectivity index (χ2v) is 3.81. The lowest BCUT2D eigenvalue weighted by Crippen LogP contribution is -2.10. The molecule has 0 saturated heterocycles. The number of carbonyl (C=O) groups is 1. The highest BCUT2D eigenvalue weighted by Crippen LogP contribution is 2.17. The maximum Gasteiger partial charge on any atom is 0.174 e. The molecule has 5 nitrogen and oxygen atoms in total. The minimum Gasteiger partial charge on any atom is -0.494 e. The van der Waals surface area contributed by atoms with Crippen molar-refractivity contribution in [2.24, 2.45) is 0 Å². The molecule has 0 saturated carbocycles. The molecular formula is C13H15N3O2. The van der Waals surface area contributed by atoms with Crippen molar-refractivity contribution in [2.75, 3.05) is 7.11 Å². The summed E-state index contributed by atoms with van der Waals surface area (Å²) in [5.41, 5.74) is 0.540. The minimum absolute atomic E-state index is 0.0184. The Balaban J connectivity index is 2.22. The normalized spacial score (nSPS) is 10.3. The molecule has 5 heteroatoms. The maximum atomic E-state index is 12.2. The highest BCUT2D eigenvalue weighted by atomic mass is 16.5. The van der Waals surface area contributed by atoms with Gasteiger partial charge in [0.15, 0.2) is 5.78 Å². The number of nitrogens with zero attached hydrogens (tertiary/aromatic N) is 3. The zero-order valence-electron chi connectivity index (χ0n) is 10.5. The summed E-state index contributed by atoms with van der Waals surface area (Å²) in [4.78, 5) is 20.3. The van der Waals surface area contributed by atoms with E-state index in [0.29, 0.717) is 11.3 Å². The fourth-order valence-corrected chi connectivity index (χ4v) is 1.81. The van der Waals surface area contributed by atoms with E-state index in [0.717, 1.165) is 12.4 Å². The summed E-state index contributed by atoms with van der Waals surface area (Å²) in [5, 5.41) is 0. The number of aromatic nitrogens is 3. The average molecular weight is 245 g/mol. The number of ether oxygens (including phenoxy) is 1. The van der Waals surface area contributed by atoms with E-state index in [1.165, 1.54) is 7.11 Å². The molecule has 0 aliphatic carbocycles. The molecule has 0 N–H and O–H groups in total. The number of methoxy groups -OCH3 is 1. The van der Waals surface area contributed by atoms with Crippen LogP contribution in [0.3, 0.4) is 0 Å². The fraction of sp³-hybridized carbons (Fsp3) is 0.308. The molecule has 0 aliphatic heterocycles. The molecule has 0 aromatic carbocycles. The van der Waals surface area contributed by atoms with Crippen molar-refractivity contribution >= 4 is 5.78 Å². The number of hydrogen-bond acceptors (Lipinski definition) is 4. The molecule has 0 radical (unpaired) electrons. The number of pyridine rings is 1. The summed E-state index contributed by atoms with van der Waals surface area (Å²) in [6.45, 7) is 2.82. The molecule has 0 bridgehead atoms. The molecule has 0 atom stereocenters. The summed E-state index contributed by atoms with van der Waals surface area (Å²) < 4.78 is 7.08. The van der Waals surface area contributed by atoms with Crippen LogP contribution in [0.25, 0.3) is 0 Å². The number of imidazole rings is 1. The molecule has 0 unspecified atom stereocenters. The van der Waals surface area contributed by atoms with Crippen LogP contribution in [0.2, 0.25) is 0 Å². The second-order valence-electron chi connectivity index (χ2n) is 3.81. The van der Waals surface area contributed by atoms with Gasteiger partial charge in [0.2, 0.25) is 0 Å². The van der Waals surface area contributed by atoms with Crippen molar-refractivity contribution in [3.05, 3.63) is 42.2 Å². The van der Waals surface area contributed by atoms with Gasteiger partial charge in [-0.25, -0.2) is 4.98 Å². The number of carbonyl (C=O) groups excluding carboxylic acids is 1. The van der Waals surface area contributed by atoms with E-state index in [1.807, 2.05) is 17.7 Å². The Labute approximate surface area is 105 Å². The van der Waals surface area contributed by atoms with Crippen molar-refractivity contribution in [1.82, 2.24) is 14.5 Å². The Hall–Kier alpha value is -2.17. The second kappa shape index (κ2) is 5.44. The topological polar surface area (TPSA) is 57.0 Å². The summed E-state index contributed by atoms with van der Waals surface area (Å²) >= 11 is 0. The first-order valence-electron chi connectivity index (χ1n) is 5.77. The van der Waals surface area contributed by atoms with Crippen LogP contribution in [0.1, 0.15) is 23.1 Å². The Bertz CT molecular complexity index is 549. The average Bonchev–Trinajstić information content (AvgIpc) is 2.85. The lowest BCUT2D eigenvalue weighted by molar-refractivity contribution is 0.0986. The molecule has 2 rings (SSSR count). The fourth-order valence-electron chi connectivity index (χ4n) is 1.81. The molecule has 2 aromatic rings. The van der Waals surface area contributed by atoms with Crippen LogP contribution in [0.5, 0.6) is 5.75 Å². The van der Waals surface area contributed by atoms with Crippen molar-refractivity contribution in [1.29, 1.82) is 0 Å². The first-order valence-corrected chi connectivity index (χ1v) is 5.77. The van der Waals surface area contributed by atoms with E-state index in [9.17, 15) is 4.79 Å². The molecule has 0 fully saturated rings. The van der Waals surface area contributed by atoms with E-state index >= 15 is 0 Å². The summed E-state index contributed by atoms with van der Waals surface area (Å²) in [5.74, 6) is 1.24. The molecule has 18 heavy (non-hydrogen) atoms. The van der Waals surface area contributed by atoms with Crippen LogP contribution in [0.4, 0.5) is 0 Å². The van der Waals surface area contributed by atoms with E-state index in [4.69, 9.17) is 4.74 Å². The van der Waals surface area contributed by atoms with Gasteiger partial charge in [-0.05, 0) is 13.0 Å². The van der Waals surface area contributed by atoms with Gasteiger partial charge >= 0.3 is 0 Å². The van der Waals surface area contributed by atoms with Crippen LogP contribution in [-0.2, 0) is 13.0 Å². The van der Waals surface area contributed by atoms with Crippen LogP contribution in [0, 0.1) is 0 Å². The van der Waals surface area contributed by atoms with E-state index < -0.39 is 0 Å². The first-order chi connectivity index (χ1) is 8.76. The van der Waals surface area contributed by atoms with Gasteiger partial charge < -0.3 is 9.30 Å². The third kappa shape index (κ3) is 2.40. The molecule has 2 heterocycles. The summed E-state index contributed by atoms with van der Waals surface area (Å²) in [6.07, 6.45) is 6.96. The number of Topliss-reactive ketones (excluding diaryl/α,β-unsaturated/α-hetero) is 1. The molecule has 2 aromatic heterocycles.